The van der Waals surface area contributed by atoms with Gasteiger partial charge >= 0.3 is 6.18 Å². The first-order valence-electron chi connectivity index (χ1n) is 11.8. The van der Waals surface area contributed by atoms with Gasteiger partial charge in [0.15, 0.2) is 0 Å². The molecule has 10 heteroatoms. The number of nitrogens with zero attached hydrogens (tertiary/aromatic N) is 4. The zero-order valence-corrected chi connectivity index (χ0v) is 20.1. The molecule has 4 aromatic rings. The number of fused-ring (bicyclic) bond motifs is 1. The van der Waals surface area contributed by atoms with Crippen LogP contribution in [-0.2, 0) is 11.0 Å². The summed E-state index contributed by atoms with van der Waals surface area (Å²) in [5.74, 6) is -0.763. The predicted molar refractivity (Wildman–Crippen MR) is 136 cm³/mol. The molecular weight excluding hydrogens is 495 g/mol. The van der Waals surface area contributed by atoms with Crippen molar-refractivity contribution in [3.05, 3.63) is 96.6 Å². The van der Waals surface area contributed by atoms with E-state index in [0.717, 1.165) is 52.3 Å². The molecule has 0 bridgehead atoms. The lowest BCUT2D eigenvalue weighted by atomic mass is 9.91. The fourth-order valence-corrected chi connectivity index (χ4v) is 4.63. The van der Waals surface area contributed by atoms with Gasteiger partial charge in [-0.15, -0.1) is 0 Å². The number of anilines is 1. The molecule has 0 saturated carbocycles. The van der Waals surface area contributed by atoms with E-state index in [1.807, 2.05) is 12.1 Å². The van der Waals surface area contributed by atoms with Crippen LogP contribution in [0.2, 0.25) is 0 Å². The summed E-state index contributed by atoms with van der Waals surface area (Å²) in [6, 6.07) is 12.4. The number of carbonyl (C=O) groups is 2. The second-order valence-corrected chi connectivity index (χ2v) is 8.96. The number of halogens is 3. The number of carbonyl (C=O) groups excluding carboxylic acids is 2. The minimum absolute atomic E-state index is 0.0984. The highest BCUT2D eigenvalue weighted by atomic mass is 19.4. The van der Waals surface area contributed by atoms with E-state index >= 15 is 0 Å². The van der Waals surface area contributed by atoms with Crippen molar-refractivity contribution >= 4 is 28.5 Å². The standard InChI is InChI=1S/C28H22F3N5O2/c1-2-25(37)36-10-8-19(15-36)23-12-20(11-21-14-32-16-34-26(21)23)17-3-5-18(6-4-17)27(38)35-24-13-22(7-9-33-24)28(29,30)31/h2-7,9,11-14,16,19H,1,8,10,15H2,(H,33,35,38). The maximum Gasteiger partial charge on any atom is 0.416 e. The molecule has 1 fully saturated rings. The first-order chi connectivity index (χ1) is 18.2. The van der Waals surface area contributed by atoms with Crippen LogP contribution in [0.4, 0.5) is 19.0 Å². The maximum atomic E-state index is 13.0. The summed E-state index contributed by atoms with van der Waals surface area (Å²) in [4.78, 5) is 39.0. The Morgan fingerprint density at radius 3 is 2.58 bits per heavy atom. The summed E-state index contributed by atoms with van der Waals surface area (Å²) in [5.41, 5.74) is 2.94. The van der Waals surface area contributed by atoms with E-state index < -0.39 is 17.6 Å². The number of alkyl halides is 3. The van der Waals surface area contributed by atoms with Gasteiger partial charge in [-0.05, 0) is 65.6 Å². The monoisotopic (exact) mass is 517 g/mol. The van der Waals surface area contributed by atoms with Crippen molar-refractivity contribution in [3.63, 3.8) is 0 Å². The molecule has 38 heavy (non-hydrogen) atoms. The van der Waals surface area contributed by atoms with Crippen LogP contribution < -0.4 is 5.32 Å². The topological polar surface area (TPSA) is 88.1 Å². The van der Waals surface area contributed by atoms with E-state index in [4.69, 9.17) is 0 Å². The SMILES string of the molecule is C=CC(=O)N1CCC(c2cc(-c3ccc(C(=O)Nc4cc(C(F)(F)F)ccn4)cc3)cc3cncnc23)C1. The van der Waals surface area contributed by atoms with E-state index in [2.05, 4.69) is 26.8 Å². The van der Waals surface area contributed by atoms with Gasteiger partial charge in [-0.3, -0.25) is 9.59 Å². The third-order valence-electron chi connectivity index (χ3n) is 6.56. The Morgan fingerprint density at radius 1 is 1.05 bits per heavy atom. The molecule has 1 aliphatic heterocycles. The Bertz CT molecular complexity index is 1540. The van der Waals surface area contributed by atoms with Crippen LogP contribution >= 0.6 is 0 Å². The Labute approximate surface area is 216 Å². The van der Waals surface area contributed by atoms with Crippen molar-refractivity contribution < 1.29 is 22.8 Å². The van der Waals surface area contributed by atoms with E-state index in [0.29, 0.717) is 13.1 Å². The molecule has 2 amide bonds. The number of benzene rings is 2. The Morgan fingerprint density at radius 2 is 1.84 bits per heavy atom. The van der Waals surface area contributed by atoms with Gasteiger partial charge in [0.05, 0.1) is 11.1 Å². The van der Waals surface area contributed by atoms with Gasteiger partial charge in [0, 0.05) is 42.4 Å². The highest BCUT2D eigenvalue weighted by Crippen LogP contribution is 2.35. The Hall–Kier alpha value is -4.60. The fourth-order valence-electron chi connectivity index (χ4n) is 4.63. The molecule has 1 atom stereocenters. The third-order valence-corrected chi connectivity index (χ3v) is 6.56. The average molecular weight is 518 g/mol. The van der Waals surface area contributed by atoms with E-state index in [9.17, 15) is 22.8 Å². The van der Waals surface area contributed by atoms with Crippen LogP contribution in [0.15, 0.2) is 79.9 Å². The molecule has 2 aromatic heterocycles. The lowest BCUT2D eigenvalue weighted by Crippen LogP contribution is -2.26. The molecule has 0 radical (unpaired) electrons. The van der Waals surface area contributed by atoms with Crippen molar-refractivity contribution in [3.8, 4) is 11.1 Å². The van der Waals surface area contributed by atoms with Crippen LogP contribution in [0.1, 0.15) is 33.8 Å². The normalized spacial score (nSPS) is 15.4. The predicted octanol–water partition coefficient (Wildman–Crippen LogP) is 5.46. The van der Waals surface area contributed by atoms with Crippen LogP contribution in [0.5, 0.6) is 0 Å². The van der Waals surface area contributed by atoms with Crippen molar-refractivity contribution in [2.75, 3.05) is 18.4 Å². The minimum Gasteiger partial charge on any atom is -0.339 e. The molecule has 1 N–H and O–H groups in total. The average Bonchev–Trinajstić information content (AvgIpc) is 3.42. The quantitative estimate of drug-likeness (QED) is 0.355. The Balaban J connectivity index is 1.40. The number of pyridine rings is 1. The number of hydrogen-bond donors (Lipinski definition) is 1. The molecule has 0 spiro atoms. The van der Waals surface area contributed by atoms with Crippen molar-refractivity contribution in [1.82, 2.24) is 19.9 Å². The zero-order chi connectivity index (χ0) is 26.9. The first kappa shape index (κ1) is 25.1. The second kappa shape index (κ2) is 10.0. The summed E-state index contributed by atoms with van der Waals surface area (Å²) >= 11 is 0. The van der Waals surface area contributed by atoms with E-state index in [-0.39, 0.29) is 23.2 Å². The number of rotatable bonds is 5. The second-order valence-electron chi connectivity index (χ2n) is 8.96. The summed E-state index contributed by atoms with van der Waals surface area (Å²) in [5, 5.41) is 3.27. The van der Waals surface area contributed by atoms with Gasteiger partial charge in [-0.2, -0.15) is 13.2 Å². The molecule has 7 nitrogen and oxygen atoms in total. The molecule has 192 valence electrons. The molecular formula is C28H22F3N5O2. The van der Waals surface area contributed by atoms with Gasteiger partial charge in [-0.1, -0.05) is 18.7 Å². The largest absolute Gasteiger partial charge is 0.416 e. The first-order valence-corrected chi connectivity index (χ1v) is 11.8. The molecule has 3 heterocycles. The molecule has 2 aromatic carbocycles. The smallest absolute Gasteiger partial charge is 0.339 e. The molecule has 1 unspecified atom stereocenters. The summed E-state index contributed by atoms with van der Waals surface area (Å²) in [6.07, 6.45) is 1.82. The maximum absolute atomic E-state index is 13.0. The highest BCUT2D eigenvalue weighted by molar-refractivity contribution is 6.04. The Kier molecular flexibility index (Phi) is 6.62. The third kappa shape index (κ3) is 5.10. The number of aromatic nitrogens is 3. The summed E-state index contributed by atoms with van der Waals surface area (Å²) < 4.78 is 38.9. The summed E-state index contributed by atoms with van der Waals surface area (Å²) in [7, 11) is 0. The lowest BCUT2D eigenvalue weighted by Gasteiger charge is -2.17. The van der Waals surface area contributed by atoms with Crippen LogP contribution in [-0.4, -0.2) is 44.8 Å². The van der Waals surface area contributed by atoms with Crippen molar-refractivity contribution in [2.45, 2.75) is 18.5 Å². The molecule has 1 saturated heterocycles. The molecule has 0 aliphatic carbocycles. The van der Waals surface area contributed by atoms with Gasteiger partial charge in [0.1, 0.15) is 12.1 Å². The van der Waals surface area contributed by atoms with Crippen LogP contribution in [0, 0.1) is 0 Å². The van der Waals surface area contributed by atoms with Gasteiger partial charge in [-0.25, -0.2) is 15.0 Å². The number of amides is 2. The number of hydrogen-bond acceptors (Lipinski definition) is 5. The van der Waals surface area contributed by atoms with E-state index in [1.54, 1.807) is 35.4 Å². The highest BCUT2D eigenvalue weighted by Gasteiger charge is 2.31. The van der Waals surface area contributed by atoms with Crippen molar-refractivity contribution in [1.29, 1.82) is 0 Å². The van der Waals surface area contributed by atoms with Crippen LogP contribution in [0.25, 0.3) is 22.0 Å². The minimum atomic E-state index is -4.54. The zero-order valence-electron chi connectivity index (χ0n) is 20.1. The van der Waals surface area contributed by atoms with Gasteiger partial charge in [0.2, 0.25) is 5.91 Å². The summed E-state index contributed by atoms with van der Waals surface area (Å²) in [6.45, 7) is 4.78. The number of nitrogens with one attached hydrogen (secondary N) is 1. The number of likely N-dealkylation sites (tertiary alicyclic amines) is 1. The van der Waals surface area contributed by atoms with Crippen molar-refractivity contribution in [2.24, 2.45) is 0 Å². The van der Waals surface area contributed by atoms with Crippen LogP contribution in [0.3, 0.4) is 0 Å². The lowest BCUT2D eigenvalue weighted by molar-refractivity contribution is -0.137. The van der Waals surface area contributed by atoms with Gasteiger partial charge in [0.25, 0.3) is 5.91 Å². The van der Waals surface area contributed by atoms with Gasteiger partial charge < -0.3 is 10.2 Å². The van der Waals surface area contributed by atoms with E-state index in [1.165, 1.54) is 12.4 Å². The fraction of sp³-hybridized carbons (Fsp3) is 0.179. The molecule has 5 rings (SSSR count). The molecule has 1 aliphatic rings.